The number of aromatic nitrogens is 1. The monoisotopic (exact) mass is 320 g/mol. The van der Waals surface area contributed by atoms with Crippen LogP contribution in [0.15, 0.2) is 29.6 Å². The topological polar surface area (TPSA) is 62.2 Å². The van der Waals surface area contributed by atoms with Crippen LogP contribution in [0.2, 0.25) is 0 Å². The highest BCUT2D eigenvalue weighted by molar-refractivity contribution is 7.13. The highest BCUT2D eigenvalue weighted by Crippen LogP contribution is 2.34. The minimum Gasteiger partial charge on any atom is -0.396 e. The smallest absolute Gasteiger partial charge is 0.271 e. The number of rotatable bonds is 6. The molecule has 1 aliphatic rings. The Balaban J connectivity index is 1.69. The average molecular weight is 320 g/mol. The maximum absolute atomic E-state index is 12.9. The number of carbonyl (C=O) groups excluding carboxylic acids is 1. The first-order valence-electron chi connectivity index (χ1n) is 7.30. The summed E-state index contributed by atoms with van der Waals surface area (Å²) in [4.78, 5) is 16.6. The van der Waals surface area contributed by atoms with Gasteiger partial charge in [0.05, 0.1) is 0 Å². The second kappa shape index (κ2) is 6.54. The van der Waals surface area contributed by atoms with Crippen LogP contribution >= 0.6 is 11.3 Å². The molecular formula is C16H17FN2O2S. The second-order valence-electron chi connectivity index (χ2n) is 5.47. The number of carbonyl (C=O) groups is 1. The van der Waals surface area contributed by atoms with E-state index in [1.54, 1.807) is 17.5 Å². The summed E-state index contributed by atoms with van der Waals surface area (Å²) < 4.78 is 12.9. The molecule has 1 amide bonds. The van der Waals surface area contributed by atoms with Gasteiger partial charge in [-0.15, -0.1) is 11.3 Å². The van der Waals surface area contributed by atoms with E-state index in [-0.39, 0.29) is 24.4 Å². The summed E-state index contributed by atoms with van der Waals surface area (Å²) in [6.45, 7) is 0.0688. The van der Waals surface area contributed by atoms with Gasteiger partial charge < -0.3 is 10.4 Å². The summed E-state index contributed by atoms with van der Waals surface area (Å²) in [6.07, 6.45) is 2.77. The molecule has 1 aromatic carbocycles. The molecule has 1 unspecified atom stereocenters. The summed E-state index contributed by atoms with van der Waals surface area (Å²) in [5.41, 5.74) is 1.16. The van der Waals surface area contributed by atoms with Crippen molar-refractivity contribution in [2.75, 3.05) is 6.61 Å². The molecular weight excluding hydrogens is 303 g/mol. The second-order valence-corrected chi connectivity index (χ2v) is 6.33. The quantitative estimate of drug-likeness (QED) is 0.860. The van der Waals surface area contributed by atoms with Gasteiger partial charge in [0.25, 0.3) is 5.91 Å². The van der Waals surface area contributed by atoms with E-state index in [1.807, 2.05) is 0 Å². The maximum Gasteiger partial charge on any atom is 0.271 e. The number of aliphatic hydroxyl groups is 1. The summed E-state index contributed by atoms with van der Waals surface area (Å²) >= 11 is 1.36. The van der Waals surface area contributed by atoms with Gasteiger partial charge >= 0.3 is 0 Å². The fourth-order valence-electron chi connectivity index (χ4n) is 2.41. The molecule has 1 heterocycles. The van der Waals surface area contributed by atoms with Crippen LogP contribution in [0.25, 0.3) is 10.6 Å². The van der Waals surface area contributed by atoms with Gasteiger partial charge in [-0.1, -0.05) is 0 Å². The van der Waals surface area contributed by atoms with Crippen LogP contribution in [0.5, 0.6) is 0 Å². The zero-order valence-corrected chi connectivity index (χ0v) is 12.8. The van der Waals surface area contributed by atoms with Crippen molar-refractivity contribution < 1.29 is 14.3 Å². The Labute approximate surface area is 132 Å². The van der Waals surface area contributed by atoms with Crippen molar-refractivity contribution >= 4 is 17.2 Å². The van der Waals surface area contributed by atoms with Gasteiger partial charge in [0, 0.05) is 23.6 Å². The number of amides is 1. The summed E-state index contributed by atoms with van der Waals surface area (Å²) in [5, 5.41) is 14.4. The minimum atomic E-state index is -0.297. The molecule has 0 spiro atoms. The molecule has 3 rings (SSSR count). The fraction of sp³-hybridized carbons (Fsp3) is 0.375. The van der Waals surface area contributed by atoms with Crippen molar-refractivity contribution in [1.29, 1.82) is 0 Å². The third kappa shape index (κ3) is 3.51. The molecule has 0 radical (unpaired) electrons. The van der Waals surface area contributed by atoms with E-state index >= 15 is 0 Å². The molecule has 1 aliphatic carbocycles. The van der Waals surface area contributed by atoms with Gasteiger partial charge in [-0.25, -0.2) is 9.37 Å². The predicted molar refractivity (Wildman–Crippen MR) is 83.2 cm³/mol. The van der Waals surface area contributed by atoms with E-state index in [9.17, 15) is 9.18 Å². The Morgan fingerprint density at radius 3 is 2.77 bits per heavy atom. The standard InChI is InChI=1S/C16H17FN2O2S/c17-12-5-3-11(4-6-12)16-19-14(9-22-16)15(21)18-13(7-8-20)10-1-2-10/h3-6,9-10,13,20H,1-2,7-8H2,(H,18,21). The number of nitrogens with zero attached hydrogens (tertiary/aromatic N) is 1. The van der Waals surface area contributed by atoms with E-state index in [0.717, 1.165) is 18.4 Å². The third-order valence-electron chi connectivity index (χ3n) is 3.78. The molecule has 4 nitrogen and oxygen atoms in total. The van der Waals surface area contributed by atoms with E-state index in [4.69, 9.17) is 5.11 Å². The lowest BCUT2D eigenvalue weighted by Crippen LogP contribution is -2.37. The Morgan fingerprint density at radius 1 is 1.41 bits per heavy atom. The largest absolute Gasteiger partial charge is 0.396 e. The van der Waals surface area contributed by atoms with Crippen molar-refractivity contribution in [3.05, 3.63) is 41.2 Å². The summed E-state index contributed by atoms with van der Waals surface area (Å²) in [5.74, 6) is -0.0317. The molecule has 22 heavy (non-hydrogen) atoms. The summed E-state index contributed by atoms with van der Waals surface area (Å²) in [6, 6.07) is 6.07. The normalized spacial score (nSPS) is 15.5. The zero-order valence-electron chi connectivity index (χ0n) is 12.0. The fourth-order valence-corrected chi connectivity index (χ4v) is 3.22. The van der Waals surface area contributed by atoms with Crippen LogP contribution in [0.4, 0.5) is 4.39 Å². The van der Waals surface area contributed by atoms with Gasteiger partial charge in [0.15, 0.2) is 0 Å². The number of halogens is 1. The average Bonchev–Trinajstić information content (AvgIpc) is 3.24. The first-order chi connectivity index (χ1) is 10.7. The number of thiazole rings is 1. The minimum absolute atomic E-state index is 0.0217. The van der Waals surface area contributed by atoms with Gasteiger partial charge in [-0.3, -0.25) is 4.79 Å². The molecule has 1 atom stereocenters. The molecule has 1 saturated carbocycles. The number of hydrogen-bond acceptors (Lipinski definition) is 4. The van der Waals surface area contributed by atoms with Crippen LogP contribution in [0, 0.1) is 11.7 Å². The SMILES string of the molecule is O=C(NC(CCO)C1CC1)c1csc(-c2ccc(F)cc2)n1. The summed E-state index contributed by atoms with van der Waals surface area (Å²) in [7, 11) is 0. The Kier molecular flexibility index (Phi) is 4.49. The van der Waals surface area contributed by atoms with Crippen LogP contribution in [-0.2, 0) is 0 Å². The van der Waals surface area contributed by atoms with Crippen LogP contribution in [0.3, 0.4) is 0 Å². The van der Waals surface area contributed by atoms with Gasteiger partial charge in [-0.2, -0.15) is 0 Å². The van der Waals surface area contributed by atoms with Crippen LogP contribution in [-0.4, -0.2) is 28.6 Å². The third-order valence-corrected chi connectivity index (χ3v) is 4.67. The molecule has 2 aromatic rings. The van der Waals surface area contributed by atoms with E-state index in [0.29, 0.717) is 23.0 Å². The number of benzene rings is 1. The Bertz CT molecular complexity index is 652. The van der Waals surface area contributed by atoms with Gasteiger partial charge in [0.1, 0.15) is 16.5 Å². The van der Waals surface area contributed by atoms with Crippen molar-refractivity contribution in [3.63, 3.8) is 0 Å². The van der Waals surface area contributed by atoms with E-state index in [1.165, 1.54) is 23.5 Å². The number of hydrogen-bond donors (Lipinski definition) is 2. The van der Waals surface area contributed by atoms with Crippen molar-refractivity contribution in [3.8, 4) is 10.6 Å². The highest BCUT2D eigenvalue weighted by atomic mass is 32.1. The zero-order chi connectivity index (χ0) is 15.5. The lowest BCUT2D eigenvalue weighted by atomic mass is 10.1. The molecule has 1 fully saturated rings. The van der Waals surface area contributed by atoms with Crippen LogP contribution in [0.1, 0.15) is 29.8 Å². The van der Waals surface area contributed by atoms with Gasteiger partial charge in [0.2, 0.25) is 0 Å². The molecule has 116 valence electrons. The van der Waals surface area contributed by atoms with E-state index < -0.39 is 0 Å². The number of aliphatic hydroxyl groups excluding tert-OH is 1. The van der Waals surface area contributed by atoms with Crippen molar-refractivity contribution in [1.82, 2.24) is 10.3 Å². The first-order valence-corrected chi connectivity index (χ1v) is 8.18. The predicted octanol–water partition coefficient (Wildman–Crippen LogP) is 2.84. The number of nitrogens with one attached hydrogen (secondary N) is 1. The Morgan fingerprint density at radius 2 is 2.14 bits per heavy atom. The molecule has 1 aromatic heterocycles. The van der Waals surface area contributed by atoms with Crippen molar-refractivity contribution in [2.24, 2.45) is 5.92 Å². The Hall–Kier alpha value is -1.79. The molecule has 2 N–H and O–H groups in total. The lowest BCUT2D eigenvalue weighted by Gasteiger charge is -2.16. The van der Waals surface area contributed by atoms with Gasteiger partial charge in [-0.05, 0) is 49.4 Å². The van der Waals surface area contributed by atoms with Crippen molar-refractivity contribution in [2.45, 2.75) is 25.3 Å². The molecule has 0 bridgehead atoms. The molecule has 6 heteroatoms. The molecule has 0 aliphatic heterocycles. The first kappa shape index (κ1) is 15.1. The lowest BCUT2D eigenvalue weighted by molar-refractivity contribution is 0.0920. The maximum atomic E-state index is 12.9. The van der Waals surface area contributed by atoms with Crippen LogP contribution < -0.4 is 5.32 Å². The highest BCUT2D eigenvalue weighted by Gasteiger charge is 2.32. The van der Waals surface area contributed by atoms with E-state index in [2.05, 4.69) is 10.3 Å². The molecule has 0 saturated heterocycles.